The van der Waals surface area contributed by atoms with Crippen LogP contribution in [0.2, 0.25) is 0 Å². The van der Waals surface area contributed by atoms with Gasteiger partial charge in [0.2, 0.25) is 0 Å². The van der Waals surface area contributed by atoms with Gasteiger partial charge in [-0.05, 0) is 62.7 Å². The summed E-state index contributed by atoms with van der Waals surface area (Å²) in [4.78, 5) is 35.5. The lowest BCUT2D eigenvalue weighted by Gasteiger charge is -2.15. The van der Waals surface area contributed by atoms with Crippen molar-refractivity contribution < 1.29 is 31.9 Å². The number of imide groups is 1. The van der Waals surface area contributed by atoms with Crippen molar-refractivity contribution in [3.63, 3.8) is 0 Å². The molecule has 1 unspecified atom stereocenters. The number of halogens is 1. The summed E-state index contributed by atoms with van der Waals surface area (Å²) in [6.07, 6.45) is -1.30. The van der Waals surface area contributed by atoms with Gasteiger partial charge in [0.05, 0.1) is 10.5 Å². The number of carbonyl (C=O) groups excluding carboxylic acids is 3. The van der Waals surface area contributed by atoms with Crippen LogP contribution in [0, 0.1) is 12.7 Å². The fraction of sp³-hybridized carbons (Fsp3) is 0.250. The van der Waals surface area contributed by atoms with E-state index in [1.54, 1.807) is 6.92 Å². The molecule has 31 heavy (non-hydrogen) atoms. The Morgan fingerprint density at radius 2 is 1.74 bits per heavy atom. The second-order valence-electron chi connectivity index (χ2n) is 6.49. The van der Waals surface area contributed by atoms with Gasteiger partial charge < -0.3 is 10.1 Å². The number of ether oxygens (including phenoxy) is 1. The van der Waals surface area contributed by atoms with E-state index < -0.39 is 39.9 Å². The molecule has 0 spiro atoms. The molecule has 11 heteroatoms. The molecule has 0 radical (unpaired) electrons. The van der Waals surface area contributed by atoms with Gasteiger partial charge in [-0.1, -0.05) is 6.07 Å². The Morgan fingerprint density at radius 3 is 2.35 bits per heavy atom. The van der Waals surface area contributed by atoms with Crippen molar-refractivity contribution in [3.05, 3.63) is 59.4 Å². The summed E-state index contributed by atoms with van der Waals surface area (Å²) in [5, 5.41) is 4.38. The van der Waals surface area contributed by atoms with E-state index in [0.29, 0.717) is 12.1 Å². The number of sulfonamides is 1. The molecule has 2 rings (SSSR count). The van der Waals surface area contributed by atoms with Gasteiger partial charge in [-0.3, -0.25) is 14.8 Å². The highest BCUT2D eigenvalue weighted by molar-refractivity contribution is 7.92. The largest absolute Gasteiger partial charge is 0.449 e. The van der Waals surface area contributed by atoms with Crippen LogP contribution in [0.1, 0.15) is 29.8 Å². The van der Waals surface area contributed by atoms with Crippen LogP contribution in [0.4, 0.5) is 14.9 Å². The van der Waals surface area contributed by atoms with Gasteiger partial charge in [0.15, 0.2) is 6.10 Å². The van der Waals surface area contributed by atoms with E-state index in [2.05, 4.69) is 10.0 Å². The Labute approximate surface area is 179 Å². The van der Waals surface area contributed by atoms with E-state index in [-0.39, 0.29) is 16.1 Å². The molecule has 0 heterocycles. The maximum Gasteiger partial charge on any atom is 0.338 e. The quantitative estimate of drug-likeness (QED) is 0.554. The minimum absolute atomic E-state index is 0.109. The first kappa shape index (κ1) is 23.8. The summed E-state index contributed by atoms with van der Waals surface area (Å²) in [6, 6.07) is 7.86. The van der Waals surface area contributed by atoms with Crippen LogP contribution in [0.15, 0.2) is 47.4 Å². The van der Waals surface area contributed by atoms with Gasteiger partial charge in [-0.25, -0.2) is 22.4 Å². The minimum Gasteiger partial charge on any atom is -0.449 e. The zero-order chi connectivity index (χ0) is 23.2. The van der Waals surface area contributed by atoms with Gasteiger partial charge >= 0.3 is 12.0 Å². The molecule has 0 aromatic heterocycles. The van der Waals surface area contributed by atoms with Crippen molar-refractivity contribution in [3.8, 4) is 0 Å². The molecule has 0 aliphatic rings. The summed E-state index contributed by atoms with van der Waals surface area (Å²) in [5.41, 5.74) is 0.389. The molecule has 2 aromatic carbocycles. The zero-order valence-electron chi connectivity index (χ0n) is 17.1. The highest BCUT2D eigenvalue weighted by Crippen LogP contribution is 2.21. The topological polar surface area (TPSA) is 131 Å². The third kappa shape index (κ3) is 6.51. The van der Waals surface area contributed by atoms with Crippen molar-refractivity contribution in [1.29, 1.82) is 0 Å². The first-order valence-corrected chi connectivity index (χ1v) is 10.7. The molecule has 3 amide bonds. The summed E-state index contributed by atoms with van der Waals surface area (Å²) in [5.74, 6) is -2.30. The molecule has 2 aromatic rings. The van der Waals surface area contributed by atoms with E-state index in [4.69, 9.17) is 4.74 Å². The molecular formula is C20H22FN3O6S. The first-order valence-electron chi connectivity index (χ1n) is 9.22. The summed E-state index contributed by atoms with van der Waals surface area (Å²) >= 11 is 0. The minimum atomic E-state index is -4.09. The number of amides is 3. The maximum atomic E-state index is 13.0. The highest BCUT2D eigenvalue weighted by atomic mass is 32.2. The van der Waals surface area contributed by atoms with Crippen molar-refractivity contribution in [2.24, 2.45) is 0 Å². The third-order valence-corrected chi connectivity index (χ3v) is 5.56. The fourth-order valence-corrected chi connectivity index (χ4v) is 3.78. The van der Waals surface area contributed by atoms with Crippen LogP contribution < -0.4 is 15.4 Å². The second kappa shape index (κ2) is 10.0. The van der Waals surface area contributed by atoms with Gasteiger partial charge in [-0.2, -0.15) is 0 Å². The zero-order valence-corrected chi connectivity index (χ0v) is 17.9. The van der Waals surface area contributed by atoms with Crippen LogP contribution in [0.25, 0.3) is 0 Å². The summed E-state index contributed by atoms with van der Waals surface area (Å²) < 4.78 is 45.8. The monoisotopic (exact) mass is 451 g/mol. The molecule has 166 valence electrons. The van der Waals surface area contributed by atoms with E-state index in [1.807, 2.05) is 5.32 Å². The number of nitrogens with one attached hydrogen (secondary N) is 3. The Morgan fingerprint density at radius 1 is 1.10 bits per heavy atom. The number of rotatable bonds is 7. The van der Waals surface area contributed by atoms with Crippen LogP contribution in [0.5, 0.6) is 0 Å². The molecule has 0 saturated heterocycles. The van der Waals surface area contributed by atoms with E-state index >= 15 is 0 Å². The normalized spacial score (nSPS) is 11.9. The number of hydrogen-bond acceptors (Lipinski definition) is 6. The lowest BCUT2D eigenvalue weighted by atomic mass is 10.1. The fourth-order valence-electron chi connectivity index (χ4n) is 2.45. The molecule has 3 N–H and O–H groups in total. The molecule has 0 aliphatic heterocycles. The lowest BCUT2D eigenvalue weighted by molar-refractivity contribution is -0.127. The predicted octanol–water partition coefficient (Wildman–Crippen LogP) is 2.33. The van der Waals surface area contributed by atoms with Gasteiger partial charge in [0.25, 0.3) is 15.9 Å². The van der Waals surface area contributed by atoms with Crippen molar-refractivity contribution in [2.75, 3.05) is 11.3 Å². The SMILES string of the molecule is CCNC(=O)NC(=O)C(C)OC(=O)c1ccc(C)c(S(=O)(=O)Nc2ccc(F)cc2)c1. The second-order valence-corrected chi connectivity index (χ2v) is 8.14. The molecule has 1 atom stereocenters. The van der Waals surface area contributed by atoms with Gasteiger partial charge in [0, 0.05) is 12.2 Å². The molecular weight excluding hydrogens is 429 g/mol. The van der Waals surface area contributed by atoms with Gasteiger partial charge in [0.1, 0.15) is 5.82 Å². The number of aryl methyl sites for hydroxylation is 1. The van der Waals surface area contributed by atoms with Crippen molar-refractivity contribution >= 4 is 33.6 Å². The number of hydrogen-bond donors (Lipinski definition) is 3. The summed E-state index contributed by atoms with van der Waals surface area (Å²) in [6.45, 7) is 4.78. The predicted molar refractivity (Wildman–Crippen MR) is 110 cm³/mol. The van der Waals surface area contributed by atoms with Crippen LogP contribution >= 0.6 is 0 Å². The van der Waals surface area contributed by atoms with Crippen molar-refractivity contribution in [2.45, 2.75) is 31.8 Å². The Balaban J connectivity index is 2.17. The number of anilines is 1. The maximum absolute atomic E-state index is 13.0. The van der Waals surface area contributed by atoms with Crippen molar-refractivity contribution in [1.82, 2.24) is 10.6 Å². The Hall–Kier alpha value is -3.47. The van der Waals surface area contributed by atoms with Crippen LogP contribution in [0.3, 0.4) is 0 Å². The number of urea groups is 1. The van der Waals surface area contributed by atoms with Gasteiger partial charge in [-0.15, -0.1) is 0 Å². The van der Waals surface area contributed by atoms with E-state index in [9.17, 15) is 27.2 Å². The average molecular weight is 451 g/mol. The smallest absolute Gasteiger partial charge is 0.338 e. The number of esters is 1. The average Bonchev–Trinajstić information content (AvgIpc) is 2.69. The number of carbonyl (C=O) groups is 3. The lowest BCUT2D eigenvalue weighted by Crippen LogP contribution is -2.44. The first-order chi connectivity index (χ1) is 14.5. The van der Waals surface area contributed by atoms with Crippen LogP contribution in [-0.4, -0.2) is 39.0 Å². The molecule has 0 saturated carbocycles. The third-order valence-electron chi connectivity index (χ3n) is 4.04. The molecule has 0 bridgehead atoms. The van der Waals surface area contributed by atoms with E-state index in [1.165, 1.54) is 38.1 Å². The standard InChI is InChI=1S/C20H22FN3O6S/c1-4-22-20(27)23-18(25)13(3)30-19(26)14-6-5-12(2)17(11-14)31(28,29)24-16-9-7-15(21)8-10-16/h5-11,13,24H,4H2,1-3H3,(H2,22,23,25,27). The summed E-state index contributed by atoms with van der Waals surface area (Å²) in [7, 11) is -4.09. The Kier molecular flexibility index (Phi) is 7.70. The molecule has 0 aliphatic carbocycles. The van der Waals surface area contributed by atoms with Crippen LogP contribution in [-0.2, 0) is 19.6 Å². The molecule has 0 fully saturated rings. The highest BCUT2D eigenvalue weighted by Gasteiger charge is 2.23. The number of benzene rings is 2. The Bertz CT molecular complexity index is 1090. The molecule has 9 nitrogen and oxygen atoms in total. The van der Waals surface area contributed by atoms with E-state index in [0.717, 1.165) is 18.2 Å².